The van der Waals surface area contributed by atoms with Gasteiger partial charge in [-0.05, 0) is 31.4 Å². The summed E-state index contributed by atoms with van der Waals surface area (Å²) in [6.45, 7) is 1.79. The van der Waals surface area contributed by atoms with Gasteiger partial charge in [-0.1, -0.05) is 17.7 Å². The average Bonchev–Trinajstić information content (AvgIpc) is 3.06. The van der Waals surface area contributed by atoms with Crippen LogP contribution in [0.1, 0.15) is 30.0 Å². The summed E-state index contributed by atoms with van der Waals surface area (Å²) in [7, 11) is 0. The molecule has 2 bridgehead atoms. The first-order chi connectivity index (χ1) is 9.58. The summed E-state index contributed by atoms with van der Waals surface area (Å²) < 4.78 is 5.74. The zero-order valence-electron chi connectivity index (χ0n) is 11.0. The molecule has 20 heavy (non-hydrogen) atoms. The summed E-state index contributed by atoms with van der Waals surface area (Å²) in [5.41, 5.74) is 1.37. The van der Waals surface area contributed by atoms with E-state index in [1.807, 2.05) is 0 Å². The van der Waals surface area contributed by atoms with Gasteiger partial charge in [0.05, 0.1) is 24.0 Å². The lowest BCUT2D eigenvalue weighted by molar-refractivity contribution is -0.127. The van der Waals surface area contributed by atoms with E-state index in [2.05, 4.69) is 4.98 Å². The molecule has 1 aliphatic carbocycles. The number of aromatic nitrogens is 1. The molecule has 3 aliphatic rings. The lowest BCUT2D eigenvalue weighted by atomic mass is 9.81. The van der Waals surface area contributed by atoms with Gasteiger partial charge in [-0.3, -0.25) is 9.59 Å². The number of carbonyl (C=O) groups excluding carboxylic acids is 2. The number of rotatable bonds is 1. The van der Waals surface area contributed by atoms with Gasteiger partial charge in [0, 0.05) is 5.69 Å². The van der Waals surface area contributed by atoms with E-state index in [0.29, 0.717) is 16.4 Å². The molecule has 0 amide bonds. The van der Waals surface area contributed by atoms with Crippen molar-refractivity contribution in [3.63, 3.8) is 0 Å². The number of fused-ring (bicyclic) bond motifs is 5. The minimum Gasteiger partial charge on any atom is -0.373 e. The van der Waals surface area contributed by atoms with Crippen LogP contribution in [-0.4, -0.2) is 28.8 Å². The molecule has 1 aromatic heterocycles. The predicted octanol–water partition coefficient (Wildman–Crippen LogP) is 2.07. The Labute approximate surface area is 121 Å². The number of hydrogen-bond acceptors (Lipinski definition) is 4. The van der Waals surface area contributed by atoms with Gasteiger partial charge in [0.2, 0.25) is 0 Å². The van der Waals surface area contributed by atoms with E-state index in [9.17, 15) is 9.59 Å². The van der Waals surface area contributed by atoms with E-state index in [0.717, 1.165) is 12.8 Å². The molecule has 0 N–H and O–H groups in total. The lowest BCUT2D eigenvalue weighted by Crippen LogP contribution is -2.29. The molecule has 4 unspecified atom stereocenters. The van der Waals surface area contributed by atoms with E-state index in [4.69, 9.17) is 16.3 Å². The molecule has 3 heterocycles. The van der Waals surface area contributed by atoms with Crippen LogP contribution in [0, 0.1) is 18.8 Å². The van der Waals surface area contributed by atoms with E-state index >= 15 is 0 Å². The van der Waals surface area contributed by atoms with Gasteiger partial charge in [0.25, 0.3) is 0 Å². The Kier molecular flexibility index (Phi) is 2.57. The Hall–Kier alpha value is -1.26. The maximum atomic E-state index is 12.7. The second kappa shape index (κ2) is 4.12. The number of hydrogen-bond donors (Lipinski definition) is 0. The normalized spacial score (nSPS) is 38.6. The molecule has 1 saturated carbocycles. The summed E-state index contributed by atoms with van der Waals surface area (Å²) in [4.78, 5) is 29.5. The molecular weight excluding hydrogens is 278 g/mol. The largest absolute Gasteiger partial charge is 0.373 e. The molecule has 0 aromatic carbocycles. The minimum atomic E-state index is -0.665. The molecular formula is C15H14ClNO3. The summed E-state index contributed by atoms with van der Waals surface area (Å²) in [5.74, 6) is -1.11. The number of aryl methyl sites for hydroxylation is 1. The first kappa shape index (κ1) is 12.5. The molecule has 5 heteroatoms. The highest BCUT2D eigenvalue weighted by Gasteiger charge is 2.63. The molecule has 2 saturated heterocycles. The van der Waals surface area contributed by atoms with Crippen LogP contribution in [0.3, 0.4) is 0 Å². The summed E-state index contributed by atoms with van der Waals surface area (Å²) >= 11 is 5.85. The molecule has 4 atom stereocenters. The average molecular weight is 292 g/mol. The monoisotopic (exact) mass is 291 g/mol. The number of halogens is 1. The smallest absolute Gasteiger partial charge is 0.154 e. The van der Waals surface area contributed by atoms with E-state index in [1.54, 1.807) is 19.1 Å². The fourth-order valence-electron chi connectivity index (χ4n) is 4.08. The molecule has 1 aromatic rings. The van der Waals surface area contributed by atoms with Crippen molar-refractivity contribution in [3.05, 3.63) is 28.5 Å². The topological polar surface area (TPSA) is 56.3 Å². The molecule has 2 aliphatic heterocycles. The quantitative estimate of drug-likeness (QED) is 0.587. The SMILES string of the molecule is Cc1nc(Cl)ccc1C1C(=O)C2C3CCC(O3)C2C1=O. The first-order valence-corrected chi connectivity index (χ1v) is 7.31. The van der Waals surface area contributed by atoms with Gasteiger partial charge >= 0.3 is 0 Å². The molecule has 0 spiro atoms. The van der Waals surface area contributed by atoms with Crippen LogP contribution < -0.4 is 0 Å². The fourth-order valence-corrected chi connectivity index (χ4v) is 4.27. The van der Waals surface area contributed by atoms with Crippen molar-refractivity contribution in [2.75, 3.05) is 0 Å². The zero-order valence-corrected chi connectivity index (χ0v) is 11.8. The fraction of sp³-hybridized carbons (Fsp3) is 0.533. The predicted molar refractivity (Wildman–Crippen MR) is 71.6 cm³/mol. The van der Waals surface area contributed by atoms with E-state index < -0.39 is 5.92 Å². The van der Waals surface area contributed by atoms with Crippen LogP contribution in [-0.2, 0) is 14.3 Å². The van der Waals surface area contributed by atoms with Crippen molar-refractivity contribution in [3.8, 4) is 0 Å². The van der Waals surface area contributed by atoms with Gasteiger partial charge < -0.3 is 4.74 Å². The standard InChI is InChI=1S/C15H14ClNO3/c1-6-7(2-5-10(16)17-6)11-14(18)12-8-3-4-9(20-8)13(12)15(11)19/h2,5,8-9,11-13H,3-4H2,1H3. The Morgan fingerprint density at radius 1 is 1.15 bits per heavy atom. The zero-order chi connectivity index (χ0) is 14.0. The Morgan fingerprint density at radius 2 is 1.75 bits per heavy atom. The van der Waals surface area contributed by atoms with Crippen LogP contribution in [0.4, 0.5) is 0 Å². The van der Waals surface area contributed by atoms with Crippen molar-refractivity contribution in [2.45, 2.75) is 37.9 Å². The molecule has 0 radical (unpaired) electrons. The molecule has 104 valence electrons. The van der Waals surface area contributed by atoms with Gasteiger partial charge in [-0.25, -0.2) is 4.98 Å². The maximum absolute atomic E-state index is 12.7. The van der Waals surface area contributed by atoms with Gasteiger partial charge in [0.1, 0.15) is 11.1 Å². The Bertz CT molecular complexity index is 602. The second-order valence-corrected chi connectivity index (χ2v) is 6.28. The van der Waals surface area contributed by atoms with Gasteiger partial charge in [-0.15, -0.1) is 0 Å². The Morgan fingerprint density at radius 3 is 2.30 bits per heavy atom. The van der Waals surface area contributed by atoms with Crippen molar-refractivity contribution < 1.29 is 14.3 Å². The summed E-state index contributed by atoms with van der Waals surface area (Å²) in [6.07, 6.45) is 1.70. The first-order valence-electron chi connectivity index (χ1n) is 6.94. The molecule has 4 nitrogen and oxygen atoms in total. The van der Waals surface area contributed by atoms with Crippen LogP contribution in [0.15, 0.2) is 12.1 Å². The van der Waals surface area contributed by atoms with Crippen LogP contribution in [0.5, 0.6) is 0 Å². The third kappa shape index (κ3) is 1.49. The summed E-state index contributed by atoms with van der Waals surface area (Å²) in [6, 6.07) is 3.40. The van der Waals surface area contributed by atoms with Crippen molar-refractivity contribution in [2.24, 2.45) is 11.8 Å². The number of pyridine rings is 1. The van der Waals surface area contributed by atoms with Gasteiger partial charge in [-0.2, -0.15) is 0 Å². The van der Waals surface area contributed by atoms with Gasteiger partial charge in [0.15, 0.2) is 11.6 Å². The number of ketones is 2. The Balaban J connectivity index is 1.77. The number of nitrogens with zero attached hydrogens (tertiary/aromatic N) is 1. The van der Waals surface area contributed by atoms with Crippen molar-refractivity contribution >= 4 is 23.2 Å². The highest BCUT2D eigenvalue weighted by Crippen LogP contribution is 2.52. The van der Waals surface area contributed by atoms with Crippen LogP contribution in [0.2, 0.25) is 5.15 Å². The minimum absolute atomic E-state index is 0.0134. The second-order valence-electron chi connectivity index (χ2n) is 5.89. The molecule has 4 rings (SSSR count). The number of carbonyl (C=O) groups is 2. The van der Waals surface area contributed by atoms with E-state index in [1.165, 1.54) is 0 Å². The van der Waals surface area contributed by atoms with Crippen molar-refractivity contribution in [1.29, 1.82) is 0 Å². The van der Waals surface area contributed by atoms with Crippen molar-refractivity contribution in [1.82, 2.24) is 4.98 Å². The number of ether oxygens (including phenoxy) is 1. The molecule has 3 fully saturated rings. The van der Waals surface area contributed by atoms with Crippen LogP contribution in [0.25, 0.3) is 0 Å². The summed E-state index contributed by atoms with van der Waals surface area (Å²) in [5, 5.41) is 0.382. The lowest BCUT2D eigenvalue weighted by Gasteiger charge is -2.16. The van der Waals surface area contributed by atoms with Crippen LogP contribution >= 0.6 is 11.6 Å². The third-order valence-electron chi connectivity index (χ3n) is 4.90. The third-order valence-corrected chi connectivity index (χ3v) is 5.11. The number of Topliss-reactive ketones (excluding diaryl/α,β-unsaturated/α-hetero) is 2. The highest BCUT2D eigenvalue weighted by atomic mass is 35.5. The highest BCUT2D eigenvalue weighted by molar-refractivity contribution is 6.29. The van der Waals surface area contributed by atoms with E-state index in [-0.39, 0.29) is 35.6 Å². The maximum Gasteiger partial charge on any atom is 0.154 e.